The molecule has 10 rings (SSSR count). The Labute approximate surface area is 295 Å². The topological polar surface area (TPSA) is 8.17 Å². The molecule has 2 aliphatic carbocycles. The fourth-order valence-corrected chi connectivity index (χ4v) is 8.62. The molecule has 0 saturated carbocycles. The predicted octanol–water partition coefficient (Wildman–Crippen LogP) is 12.1. The number of rotatable bonds is 4. The maximum absolute atomic E-state index is 16.1. The highest BCUT2D eigenvalue weighted by Gasteiger charge is 2.54. The van der Waals surface area contributed by atoms with E-state index in [-0.39, 0.29) is 0 Å². The van der Waals surface area contributed by atoms with Gasteiger partial charge in [-0.15, -0.1) is 0 Å². The van der Waals surface area contributed by atoms with Gasteiger partial charge in [-0.25, -0.2) is 22.0 Å². The smallest absolute Gasteiger partial charge is 0.200 e. The molecular formula is C45H25F5N2. The molecule has 7 aromatic carbocycles. The molecule has 0 bridgehead atoms. The lowest BCUT2D eigenvalue weighted by atomic mass is 9.70. The largest absolute Gasteiger partial charge is 0.310 e. The van der Waals surface area contributed by atoms with E-state index in [1.54, 1.807) is 6.07 Å². The summed E-state index contributed by atoms with van der Waals surface area (Å²) in [5.74, 6) is -10.0. The number of fused-ring (bicyclic) bond motifs is 12. The number of benzene rings is 7. The monoisotopic (exact) mass is 688 g/mol. The van der Waals surface area contributed by atoms with Gasteiger partial charge in [0.05, 0.1) is 16.6 Å². The van der Waals surface area contributed by atoms with E-state index in [1.165, 1.54) is 4.57 Å². The van der Waals surface area contributed by atoms with Crippen LogP contribution in [0.25, 0.3) is 39.0 Å². The van der Waals surface area contributed by atoms with Crippen molar-refractivity contribution in [2.45, 2.75) is 5.41 Å². The Morgan fingerprint density at radius 3 is 1.40 bits per heavy atom. The normalized spacial score (nSPS) is 13.2. The standard InChI is InChI=1S/C45H25F5N2/c46-38-39(47)41(49)44(42(50)40(38)48)52-36-24-23-28(51(26-13-3-1-4-14-26)27-15-5-2-6-16-27)25-32(36)37-43(52)31-19-9-12-22-35(31)45(37)33-20-10-7-17-29(33)30-18-8-11-21-34(30)45/h1-25H. The SMILES string of the molecule is Fc1c(F)c(F)c(-n2c3c(c4cc(N(c5ccccc5)c5ccccc5)ccc42)C2(c4ccccc4-c4ccccc42)c2ccccc2-3)c(F)c1F. The van der Waals surface area contributed by atoms with Crippen molar-refractivity contribution in [3.8, 4) is 28.1 Å². The molecule has 0 aliphatic heterocycles. The Morgan fingerprint density at radius 2 is 0.865 bits per heavy atom. The van der Waals surface area contributed by atoms with Crippen molar-refractivity contribution in [1.29, 1.82) is 0 Å². The summed E-state index contributed by atoms with van der Waals surface area (Å²) in [6.07, 6.45) is 0. The maximum atomic E-state index is 16.1. The molecule has 0 unspecified atom stereocenters. The lowest BCUT2D eigenvalue weighted by molar-refractivity contribution is 0.376. The van der Waals surface area contributed by atoms with Gasteiger partial charge in [0.1, 0.15) is 5.69 Å². The number of para-hydroxylation sites is 2. The molecule has 7 heteroatoms. The number of hydrogen-bond acceptors (Lipinski definition) is 1. The van der Waals surface area contributed by atoms with Gasteiger partial charge in [-0.05, 0) is 70.3 Å². The molecule has 0 N–H and O–H groups in total. The van der Waals surface area contributed by atoms with Gasteiger partial charge in [0.2, 0.25) is 5.82 Å². The predicted molar refractivity (Wildman–Crippen MR) is 194 cm³/mol. The Bertz CT molecular complexity index is 2640. The van der Waals surface area contributed by atoms with E-state index in [2.05, 4.69) is 29.2 Å². The van der Waals surface area contributed by atoms with Crippen LogP contribution in [0.5, 0.6) is 0 Å². The minimum absolute atomic E-state index is 0.300. The Morgan fingerprint density at radius 1 is 0.423 bits per heavy atom. The van der Waals surface area contributed by atoms with Crippen molar-refractivity contribution < 1.29 is 22.0 Å². The van der Waals surface area contributed by atoms with Crippen LogP contribution in [0.1, 0.15) is 22.3 Å². The average molecular weight is 689 g/mol. The highest BCUT2D eigenvalue weighted by molar-refractivity contribution is 6.06. The van der Waals surface area contributed by atoms with E-state index >= 15 is 17.6 Å². The second-order valence-corrected chi connectivity index (χ2v) is 13.1. The van der Waals surface area contributed by atoms with Gasteiger partial charge in [-0.2, -0.15) is 0 Å². The summed E-state index contributed by atoms with van der Waals surface area (Å²) in [5.41, 5.74) is 7.28. The lowest BCUT2D eigenvalue weighted by Gasteiger charge is -2.30. The number of anilines is 3. The summed E-state index contributed by atoms with van der Waals surface area (Å²) in [5, 5.41) is 0.607. The summed E-state index contributed by atoms with van der Waals surface area (Å²) in [6.45, 7) is 0. The highest BCUT2D eigenvalue weighted by Crippen LogP contribution is 2.65. The van der Waals surface area contributed by atoms with E-state index in [0.717, 1.165) is 44.9 Å². The molecule has 0 fully saturated rings. The van der Waals surface area contributed by atoms with Gasteiger partial charge < -0.3 is 9.47 Å². The van der Waals surface area contributed by atoms with Crippen LogP contribution in [0.4, 0.5) is 39.0 Å². The number of halogens is 5. The molecule has 1 heterocycles. The van der Waals surface area contributed by atoms with Crippen molar-refractivity contribution in [3.63, 3.8) is 0 Å². The summed E-state index contributed by atoms with van der Waals surface area (Å²) in [6, 6.07) is 48.8. The first kappa shape index (κ1) is 30.4. The van der Waals surface area contributed by atoms with Gasteiger partial charge in [-0.3, -0.25) is 0 Å². The molecule has 2 nitrogen and oxygen atoms in total. The third-order valence-corrected chi connectivity index (χ3v) is 10.6. The zero-order valence-electron chi connectivity index (χ0n) is 27.2. The van der Waals surface area contributed by atoms with Crippen molar-refractivity contribution in [2.24, 2.45) is 0 Å². The summed E-state index contributed by atoms with van der Waals surface area (Å²) >= 11 is 0. The van der Waals surface area contributed by atoms with Gasteiger partial charge in [0, 0.05) is 33.6 Å². The zero-order valence-corrected chi connectivity index (χ0v) is 27.2. The molecule has 1 aromatic heterocycles. The van der Waals surface area contributed by atoms with Crippen LogP contribution in [-0.4, -0.2) is 4.57 Å². The van der Waals surface area contributed by atoms with Crippen LogP contribution >= 0.6 is 0 Å². The second-order valence-electron chi connectivity index (χ2n) is 13.1. The Kier molecular flexibility index (Phi) is 6.43. The zero-order chi connectivity index (χ0) is 35.3. The minimum atomic E-state index is -2.20. The Hall–Kier alpha value is -6.47. The van der Waals surface area contributed by atoms with E-state index in [0.29, 0.717) is 27.7 Å². The number of aromatic nitrogens is 1. The first-order chi connectivity index (χ1) is 25.4. The summed E-state index contributed by atoms with van der Waals surface area (Å²) in [7, 11) is 0. The summed E-state index contributed by atoms with van der Waals surface area (Å²) in [4.78, 5) is 2.08. The fourth-order valence-electron chi connectivity index (χ4n) is 8.62. The van der Waals surface area contributed by atoms with Crippen LogP contribution < -0.4 is 4.90 Å². The molecule has 0 amide bonds. The van der Waals surface area contributed by atoms with Crippen molar-refractivity contribution in [1.82, 2.24) is 4.57 Å². The van der Waals surface area contributed by atoms with E-state index in [4.69, 9.17) is 0 Å². The van der Waals surface area contributed by atoms with Crippen LogP contribution in [0.3, 0.4) is 0 Å². The van der Waals surface area contributed by atoms with Crippen LogP contribution in [-0.2, 0) is 5.41 Å². The average Bonchev–Trinajstić information content (AvgIpc) is 3.79. The highest BCUT2D eigenvalue weighted by atomic mass is 19.2. The number of nitrogens with zero attached hydrogens (tertiary/aromatic N) is 2. The Balaban J connectivity index is 1.41. The molecule has 0 saturated heterocycles. The first-order valence-electron chi connectivity index (χ1n) is 16.8. The molecule has 8 aromatic rings. The van der Waals surface area contributed by atoms with Gasteiger partial charge in [0.15, 0.2) is 23.3 Å². The summed E-state index contributed by atoms with van der Waals surface area (Å²) < 4.78 is 78.2. The van der Waals surface area contributed by atoms with Crippen LogP contribution in [0.15, 0.2) is 152 Å². The fraction of sp³-hybridized carbons (Fsp3) is 0.0222. The van der Waals surface area contributed by atoms with Crippen molar-refractivity contribution in [2.75, 3.05) is 4.90 Å². The maximum Gasteiger partial charge on any atom is 0.200 e. The van der Waals surface area contributed by atoms with E-state index < -0.39 is 40.2 Å². The van der Waals surface area contributed by atoms with Gasteiger partial charge >= 0.3 is 0 Å². The second kappa shape index (κ2) is 11.0. The third-order valence-electron chi connectivity index (χ3n) is 10.6. The molecule has 2 aliphatic rings. The molecular weight excluding hydrogens is 663 g/mol. The molecule has 0 radical (unpaired) electrons. The lowest BCUT2D eigenvalue weighted by Crippen LogP contribution is -2.25. The molecule has 52 heavy (non-hydrogen) atoms. The molecule has 250 valence electrons. The first-order valence-corrected chi connectivity index (χ1v) is 16.8. The van der Waals surface area contributed by atoms with Gasteiger partial charge in [0.25, 0.3) is 0 Å². The quantitative estimate of drug-likeness (QED) is 0.102. The molecule has 1 spiro atoms. The van der Waals surface area contributed by atoms with E-state index in [9.17, 15) is 4.39 Å². The minimum Gasteiger partial charge on any atom is -0.310 e. The number of hydrogen-bond donors (Lipinski definition) is 0. The third kappa shape index (κ3) is 3.82. The molecule has 0 atom stereocenters. The van der Waals surface area contributed by atoms with Crippen molar-refractivity contribution in [3.05, 3.63) is 203 Å². The van der Waals surface area contributed by atoms with Crippen molar-refractivity contribution >= 4 is 28.0 Å². The van der Waals surface area contributed by atoms with Gasteiger partial charge in [-0.1, -0.05) is 109 Å². The van der Waals surface area contributed by atoms with E-state index in [1.807, 2.05) is 121 Å². The van der Waals surface area contributed by atoms with Crippen LogP contribution in [0.2, 0.25) is 0 Å². The van der Waals surface area contributed by atoms with Crippen LogP contribution in [0, 0.1) is 29.1 Å².